The minimum Gasteiger partial charge on any atom is -0.457 e. The van der Waals surface area contributed by atoms with Gasteiger partial charge in [0, 0.05) is 43.9 Å². The number of rotatable bonds is 7. The Hall–Kier alpha value is -7.98. The van der Waals surface area contributed by atoms with Crippen LogP contribution in [-0.4, -0.2) is 0 Å². The van der Waals surface area contributed by atoms with Gasteiger partial charge in [-0.25, -0.2) is 0 Å². The van der Waals surface area contributed by atoms with Crippen LogP contribution < -0.4 is 9.64 Å². The van der Waals surface area contributed by atoms with E-state index in [4.69, 9.17) is 4.74 Å². The van der Waals surface area contributed by atoms with Crippen LogP contribution in [0.15, 0.2) is 243 Å². The third kappa shape index (κ3) is 5.79. The molecule has 0 saturated heterocycles. The fourth-order valence-electron chi connectivity index (χ4n) is 10.9. The molecule has 0 radical (unpaired) electrons. The van der Waals surface area contributed by atoms with Crippen LogP contribution >= 0.6 is 11.3 Å². The van der Waals surface area contributed by atoms with Crippen molar-refractivity contribution in [3.63, 3.8) is 0 Å². The van der Waals surface area contributed by atoms with Gasteiger partial charge in [-0.3, -0.25) is 0 Å². The van der Waals surface area contributed by atoms with Crippen LogP contribution in [0.2, 0.25) is 0 Å². The number of para-hydroxylation sites is 4. The largest absolute Gasteiger partial charge is 0.457 e. The van der Waals surface area contributed by atoms with Gasteiger partial charge in [0.05, 0.1) is 15.8 Å². The van der Waals surface area contributed by atoms with E-state index in [2.05, 4.69) is 248 Å². The second-order valence-electron chi connectivity index (χ2n) is 17.1. The van der Waals surface area contributed by atoms with E-state index in [1.54, 1.807) is 0 Å². The van der Waals surface area contributed by atoms with Crippen LogP contribution in [0, 0.1) is 0 Å². The number of hydrogen-bond donors (Lipinski definition) is 0. The summed E-state index contributed by atoms with van der Waals surface area (Å²) < 4.78 is 9.17. The van der Waals surface area contributed by atoms with E-state index in [1.807, 2.05) is 11.3 Å². The third-order valence-electron chi connectivity index (χ3n) is 13.7. The van der Waals surface area contributed by atoms with E-state index in [1.165, 1.54) is 87.1 Å². The SMILES string of the molecule is c1ccc(C(c2ccc(-c3cccc4c3sc3c(N(c5ccccc5)c5ccccc5)cccc34)cc2)c2ccc3c(c2)-c2ccccc2C32c3ccccc3Oc3ccccc32)cc1. The predicted molar refractivity (Wildman–Crippen MR) is 271 cm³/mol. The fraction of sp³-hybridized carbons (Fsp3) is 0.0323. The maximum absolute atomic E-state index is 6.60. The Morgan fingerprint density at radius 3 is 1.55 bits per heavy atom. The van der Waals surface area contributed by atoms with Crippen LogP contribution in [0.5, 0.6) is 11.5 Å². The first-order chi connectivity index (χ1) is 32.3. The molecule has 1 spiro atoms. The zero-order valence-electron chi connectivity index (χ0n) is 35.4. The topological polar surface area (TPSA) is 12.5 Å². The lowest BCUT2D eigenvalue weighted by Gasteiger charge is -2.39. The van der Waals surface area contributed by atoms with Gasteiger partial charge in [-0.05, 0) is 98.6 Å². The van der Waals surface area contributed by atoms with E-state index in [9.17, 15) is 0 Å². The minimum absolute atomic E-state index is 0.0261. The Bertz CT molecular complexity index is 3490. The summed E-state index contributed by atoms with van der Waals surface area (Å²) in [5, 5.41) is 2.55. The highest BCUT2D eigenvalue weighted by Crippen LogP contribution is 2.62. The monoisotopic (exact) mass is 847 g/mol. The lowest BCUT2D eigenvalue weighted by Crippen LogP contribution is -2.32. The van der Waals surface area contributed by atoms with Crippen molar-refractivity contribution in [3.05, 3.63) is 282 Å². The zero-order chi connectivity index (χ0) is 42.9. The molecule has 3 heteroatoms. The summed E-state index contributed by atoms with van der Waals surface area (Å²) in [5.41, 5.74) is 16.7. The highest BCUT2D eigenvalue weighted by molar-refractivity contribution is 7.27. The Balaban J connectivity index is 0.933. The van der Waals surface area contributed by atoms with Crippen molar-refractivity contribution < 1.29 is 4.74 Å². The predicted octanol–water partition coefficient (Wildman–Crippen LogP) is 16.8. The first-order valence-electron chi connectivity index (χ1n) is 22.4. The molecule has 1 aliphatic heterocycles. The highest BCUT2D eigenvalue weighted by atomic mass is 32.1. The highest BCUT2D eigenvalue weighted by Gasteiger charge is 2.51. The van der Waals surface area contributed by atoms with Crippen LogP contribution in [0.25, 0.3) is 42.4 Å². The lowest BCUT2D eigenvalue weighted by molar-refractivity contribution is 0.436. The number of benzene rings is 10. The van der Waals surface area contributed by atoms with Crippen molar-refractivity contribution in [1.29, 1.82) is 0 Å². The van der Waals surface area contributed by atoms with Gasteiger partial charge in [-0.15, -0.1) is 11.3 Å². The molecular weight excluding hydrogens is 807 g/mol. The molecule has 1 aromatic heterocycles. The van der Waals surface area contributed by atoms with Crippen LogP contribution in [0.1, 0.15) is 44.9 Å². The van der Waals surface area contributed by atoms with Gasteiger partial charge in [-0.2, -0.15) is 0 Å². The van der Waals surface area contributed by atoms with E-state index >= 15 is 0 Å². The molecule has 306 valence electrons. The van der Waals surface area contributed by atoms with Crippen molar-refractivity contribution >= 4 is 48.6 Å². The van der Waals surface area contributed by atoms with Gasteiger partial charge >= 0.3 is 0 Å². The fourth-order valence-corrected chi connectivity index (χ4v) is 12.3. The van der Waals surface area contributed by atoms with Crippen LogP contribution in [-0.2, 0) is 5.41 Å². The molecule has 2 nitrogen and oxygen atoms in total. The van der Waals surface area contributed by atoms with Gasteiger partial charge in [0.25, 0.3) is 0 Å². The van der Waals surface area contributed by atoms with Crippen LogP contribution in [0.4, 0.5) is 17.1 Å². The third-order valence-corrected chi connectivity index (χ3v) is 14.9. The molecule has 0 amide bonds. The summed E-state index contributed by atoms with van der Waals surface area (Å²) in [6.07, 6.45) is 0. The molecule has 0 bridgehead atoms. The molecule has 1 atom stereocenters. The number of ether oxygens (including phenoxy) is 1. The number of nitrogens with zero attached hydrogens (tertiary/aromatic N) is 1. The van der Waals surface area contributed by atoms with E-state index < -0.39 is 5.41 Å². The molecule has 11 aromatic rings. The Morgan fingerprint density at radius 2 is 0.877 bits per heavy atom. The summed E-state index contributed by atoms with van der Waals surface area (Å²) in [5.74, 6) is 1.85. The van der Waals surface area contributed by atoms with E-state index in [0.29, 0.717) is 0 Å². The first kappa shape index (κ1) is 37.6. The molecule has 65 heavy (non-hydrogen) atoms. The van der Waals surface area contributed by atoms with Crippen molar-refractivity contribution in [2.24, 2.45) is 0 Å². The molecular formula is C62H41NOS. The second-order valence-corrected chi connectivity index (χ2v) is 18.1. The quantitative estimate of drug-likeness (QED) is 0.148. The van der Waals surface area contributed by atoms with Gasteiger partial charge in [0.15, 0.2) is 0 Å². The van der Waals surface area contributed by atoms with Gasteiger partial charge < -0.3 is 9.64 Å². The number of thiophene rings is 1. The molecule has 1 unspecified atom stereocenters. The van der Waals surface area contributed by atoms with Crippen molar-refractivity contribution in [3.8, 4) is 33.8 Å². The molecule has 2 aliphatic rings. The van der Waals surface area contributed by atoms with Crippen molar-refractivity contribution in [2.75, 3.05) is 4.90 Å². The summed E-state index contributed by atoms with van der Waals surface area (Å²) in [4.78, 5) is 2.38. The summed E-state index contributed by atoms with van der Waals surface area (Å²) >= 11 is 1.89. The molecule has 2 heterocycles. The average molecular weight is 848 g/mol. The molecule has 10 aromatic carbocycles. The number of anilines is 3. The molecule has 1 aliphatic carbocycles. The Labute approximate surface area is 382 Å². The van der Waals surface area contributed by atoms with Gasteiger partial charge in [0.2, 0.25) is 0 Å². The Kier molecular flexibility index (Phi) is 8.72. The summed E-state index contributed by atoms with van der Waals surface area (Å²) in [6.45, 7) is 0. The zero-order valence-corrected chi connectivity index (χ0v) is 36.3. The van der Waals surface area contributed by atoms with Gasteiger partial charge in [-0.1, -0.05) is 194 Å². The number of hydrogen-bond acceptors (Lipinski definition) is 3. The van der Waals surface area contributed by atoms with Crippen LogP contribution in [0.3, 0.4) is 0 Å². The van der Waals surface area contributed by atoms with Gasteiger partial charge in [0.1, 0.15) is 11.5 Å². The summed E-state index contributed by atoms with van der Waals surface area (Å²) in [7, 11) is 0. The van der Waals surface area contributed by atoms with Crippen molar-refractivity contribution in [1.82, 2.24) is 0 Å². The molecule has 0 saturated carbocycles. The number of fused-ring (bicyclic) bond motifs is 12. The first-order valence-corrected chi connectivity index (χ1v) is 23.2. The van der Waals surface area contributed by atoms with Crippen molar-refractivity contribution in [2.45, 2.75) is 11.3 Å². The maximum atomic E-state index is 6.60. The molecule has 0 N–H and O–H groups in total. The second kappa shape index (κ2) is 15.1. The molecule has 13 rings (SSSR count). The average Bonchev–Trinajstić information content (AvgIpc) is 3.90. The van der Waals surface area contributed by atoms with E-state index in [-0.39, 0.29) is 5.92 Å². The lowest BCUT2D eigenvalue weighted by atomic mass is 9.66. The normalized spacial score (nSPS) is 13.4. The smallest absolute Gasteiger partial charge is 0.132 e. The Morgan fingerprint density at radius 1 is 0.369 bits per heavy atom. The molecule has 0 fully saturated rings. The minimum atomic E-state index is -0.491. The summed E-state index contributed by atoms with van der Waals surface area (Å²) in [6, 6.07) is 88.7. The maximum Gasteiger partial charge on any atom is 0.132 e. The standard InChI is InChI=1S/C62H41NOS/c1-4-18-42(19-5-1)59(44-38-39-53-51(40-44)48-24-10-11-28-52(48)62(53)54-29-12-14-32-57(54)64-58-33-15-13-30-55(58)62)43-36-34-41(35-37-43)47-25-16-26-49-50-27-17-31-56(61(50)65-60(47)49)63(45-20-6-2-7-21-45)46-22-8-3-9-23-46/h1-40,59H. The van der Waals surface area contributed by atoms with E-state index in [0.717, 1.165) is 22.9 Å².